The molecule has 0 amide bonds. The lowest BCUT2D eigenvalue weighted by molar-refractivity contribution is -0.153. The first kappa shape index (κ1) is 23.0. The molecule has 1 fully saturated rings. The minimum atomic E-state index is -0.559. The topological polar surface area (TPSA) is 77.4 Å². The van der Waals surface area contributed by atoms with Crippen LogP contribution in [0.3, 0.4) is 0 Å². The van der Waals surface area contributed by atoms with Crippen LogP contribution < -0.4 is 4.90 Å². The van der Waals surface area contributed by atoms with Crippen LogP contribution in [-0.4, -0.2) is 51.8 Å². The Morgan fingerprint density at radius 1 is 1.12 bits per heavy atom. The third-order valence-corrected chi connectivity index (χ3v) is 5.16. The second-order valence-corrected chi connectivity index (χ2v) is 9.52. The van der Waals surface area contributed by atoms with Gasteiger partial charge in [0.15, 0.2) is 0 Å². The van der Waals surface area contributed by atoms with Crippen molar-refractivity contribution in [1.82, 2.24) is 15.0 Å². The summed E-state index contributed by atoms with van der Waals surface area (Å²) in [5.41, 5.74) is 1.65. The Kier molecular flexibility index (Phi) is 6.30. The van der Waals surface area contributed by atoms with Crippen LogP contribution in [0.1, 0.15) is 40.3 Å². The summed E-state index contributed by atoms with van der Waals surface area (Å²) in [5, 5.41) is 0.819. The first-order valence-corrected chi connectivity index (χ1v) is 11.1. The van der Waals surface area contributed by atoms with E-state index >= 15 is 0 Å². The summed E-state index contributed by atoms with van der Waals surface area (Å²) in [7, 11) is 0. The summed E-state index contributed by atoms with van der Waals surface area (Å²) >= 11 is 0. The molecule has 4 heterocycles. The summed E-state index contributed by atoms with van der Waals surface area (Å²) in [6.45, 7) is 10.8. The third-order valence-electron chi connectivity index (χ3n) is 5.16. The highest BCUT2D eigenvalue weighted by Gasteiger charge is 2.24. The molecule has 174 valence electrons. The van der Waals surface area contributed by atoms with Crippen LogP contribution in [0, 0.1) is 5.82 Å². The molecule has 0 radical (unpaired) electrons. The molecule has 8 heteroatoms. The lowest BCUT2D eigenvalue weighted by Gasteiger charge is -2.36. The molecule has 0 aliphatic carbocycles. The number of esters is 1. The van der Waals surface area contributed by atoms with E-state index in [-0.39, 0.29) is 30.4 Å². The number of hydrogen-bond acceptors (Lipinski definition) is 7. The second-order valence-electron chi connectivity index (χ2n) is 9.52. The Morgan fingerprint density at radius 3 is 2.55 bits per heavy atom. The van der Waals surface area contributed by atoms with Crippen molar-refractivity contribution >= 4 is 22.7 Å². The summed E-state index contributed by atoms with van der Waals surface area (Å²) in [5.74, 6) is -0.158. The number of nitrogens with zero attached hydrogens (tertiary/aromatic N) is 4. The highest BCUT2D eigenvalue weighted by atomic mass is 19.1. The molecule has 3 aromatic heterocycles. The fraction of sp³-hybridized carbons (Fsp3) is 0.440. The Hall–Kier alpha value is -3.13. The van der Waals surface area contributed by atoms with Crippen molar-refractivity contribution in [3.8, 4) is 11.4 Å². The standard InChI is InChI=1S/C25H29FN4O3/c1-15-13-30(14-16(2)32-15)23-9-18(26)8-22(29-23)20-7-6-17-12-27-19(10-21(17)28-20)11-24(31)33-25(3,4)5/h6-10,12,15-16H,11,13-14H2,1-5H3/t15-,16+. The maximum absolute atomic E-state index is 14.5. The number of aromatic nitrogens is 3. The van der Waals surface area contributed by atoms with Crippen LogP contribution in [-0.2, 0) is 20.7 Å². The van der Waals surface area contributed by atoms with Gasteiger partial charge in [0.05, 0.1) is 41.2 Å². The average molecular weight is 453 g/mol. The van der Waals surface area contributed by atoms with E-state index in [0.717, 1.165) is 5.39 Å². The van der Waals surface area contributed by atoms with Crippen LogP contribution in [0.15, 0.2) is 36.5 Å². The van der Waals surface area contributed by atoms with Crippen LogP contribution in [0.25, 0.3) is 22.3 Å². The molecule has 3 aromatic rings. The molecular weight excluding hydrogens is 423 g/mol. The zero-order valence-electron chi connectivity index (χ0n) is 19.6. The van der Waals surface area contributed by atoms with Crippen LogP contribution in [0.2, 0.25) is 0 Å². The molecule has 7 nitrogen and oxygen atoms in total. The van der Waals surface area contributed by atoms with E-state index in [0.29, 0.717) is 41.5 Å². The van der Waals surface area contributed by atoms with Crippen LogP contribution >= 0.6 is 0 Å². The van der Waals surface area contributed by atoms with E-state index in [2.05, 4.69) is 9.97 Å². The molecule has 0 N–H and O–H groups in total. The van der Waals surface area contributed by atoms with Gasteiger partial charge in [0.2, 0.25) is 0 Å². The van der Waals surface area contributed by atoms with E-state index in [4.69, 9.17) is 14.5 Å². The van der Waals surface area contributed by atoms with Gasteiger partial charge in [0.1, 0.15) is 17.2 Å². The summed E-state index contributed by atoms with van der Waals surface area (Å²) in [6, 6.07) is 8.25. The number of morpholine rings is 1. The van der Waals surface area contributed by atoms with Crippen LogP contribution in [0.4, 0.5) is 10.2 Å². The molecule has 0 saturated carbocycles. The monoisotopic (exact) mass is 452 g/mol. The molecule has 2 atom stereocenters. The number of carbonyl (C=O) groups is 1. The number of carbonyl (C=O) groups excluding carboxylic acids is 1. The number of halogens is 1. The molecule has 4 rings (SSSR count). The molecule has 0 bridgehead atoms. The summed E-state index contributed by atoms with van der Waals surface area (Å²) in [4.78, 5) is 27.9. The minimum absolute atomic E-state index is 0.0388. The fourth-order valence-corrected chi connectivity index (χ4v) is 3.96. The third kappa shape index (κ3) is 5.82. The van der Waals surface area contributed by atoms with Gasteiger partial charge < -0.3 is 14.4 Å². The van der Waals surface area contributed by atoms with Gasteiger partial charge in [0, 0.05) is 36.8 Å². The number of rotatable bonds is 4. The van der Waals surface area contributed by atoms with E-state index < -0.39 is 5.60 Å². The van der Waals surface area contributed by atoms with Gasteiger partial charge in [-0.05, 0) is 52.8 Å². The van der Waals surface area contributed by atoms with Gasteiger partial charge >= 0.3 is 5.97 Å². The van der Waals surface area contributed by atoms with Crippen molar-refractivity contribution in [2.24, 2.45) is 0 Å². The molecule has 33 heavy (non-hydrogen) atoms. The first-order chi connectivity index (χ1) is 15.6. The zero-order valence-corrected chi connectivity index (χ0v) is 19.6. The second kappa shape index (κ2) is 9.02. The van der Waals surface area contributed by atoms with Crippen molar-refractivity contribution in [3.63, 3.8) is 0 Å². The number of ether oxygens (including phenoxy) is 2. The highest BCUT2D eigenvalue weighted by Crippen LogP contribution is 2.26. The largest absolute Gasteiger partial charge is 0.460 e. The number of hydrogen-bond donors (Lipinski definition) is 0. The van der Waals surface area contributed by atoms with E-state index in [9.17, 15) is 9.18 Å². The van der Waals surface area contributed by atoms with Gasteiger partial charge in [-0.2, -0.15) is 0 Å². The predicted octanol–water partition coefficient (Wildman–Crippen LogP) is 4.33. The van der Waals surface area contributed by atoms with Gasteiger partial charge in [-0.25, -0.2) is 14.4 Å². The van der Waals surface area contributed by atoms with Gasteiger partial charge in [-0.15, -0.1) is 0 Å². The van der Waals surface area contributed by atoms with Gasteiger partial charge in [0.25, 0.3) is 0 Å². The zero-order chi connectivity index (χ0) is 23.8. The van der Waals surface area contributed by atoms with Crippen molar-refractivity contribution in [3.05, 3.63) is 48.0 Å². The van der Waals surface area contributed by atoms with Gasteiger partial charge in [-0.1, -0.05) is 0 Å². The highest BCUT2D eigenvalue weighted by molar-refractivity contribution is 5.82. The fourth-order valence-electron chi connectivity index (χ4n) is 3.96. The minimum Gasteiger partial charge on any atom is -0.460 e. The van der Waals surface area contributed by atoms with Crippen molar-refractivity contribution in [2.45, 2.75) is 58.8 Å². The van der Waals surface area contributed by atoms with E-state index in [1.54, 1.807) is 18.3 Å². The Bertz CT molecular complexity index is 1170. The maximum atomic E-state index is 14.5. The molecule has 1 aliphatic heterocycles. The lowest BCUT2D eigenvalue weighted by Crippen LogP contribution is -2.45. The normalized spacial score (nSPS) is 19.0. The summed E-state index contributed by atoms with van der Waals surface area (Å²) < 4.78 is 25.7. The molecule has 0 aromatic carbocycles. The Balaban J connectivity index is 1.63. The number of pyridine rings is 3. The SMILES string of the molecule is C[C@@H]1CN(c2cc(F)cc(-c3ccc4cnc(CC(=O)OC(C)(C)C)cc4n3)n2)C[C@H](C)O1. The molecule has 1 saturated heterocycles. The molecule has 0 unspecified atom stereocenters. The smallest absolute Gasteiger partial charge is 0.312 e. The lowest BCUT2D eigenvalue weighted by atomic mass is 10.1. The van der Waals surface area contributed by atoms with E-state index in [1.807, 2.05) is 45.6 Å². The summed E-state index contributed by atoms with van der Waals surface area (Å²) in [6.07, 6.45) is 1.80. The van der Waals surface area contributed by atoms with Gasteiger partial charge in [-0.3, -0.25) is 9.78 Å². The van der Waals surface area contributed by atoms with Crippen molar-refractivity contribution < 1.29 is 18.7 Å². The average Bonchev–Trinajstić information content (AvgIpc) is 2.70. The quantitative estimate of drug-likeness (QED) is 0.545. The van der Waals surface area contributed by atoms with Crippen molar-refractivity contribution in [1.29, 1.82) is 0 Å². The molecule has 1 aliphatic rings. The molecular formula is C25H29FN4O3. The van der Waals surface area contributed by atoms with Crippen LogP contribution in [0.5, 0.6) is 0 Å². The van der Waals surface area contributed by atoms with E-state index in [1.165, 1.54) is 12.1 Å². The number of anilines is 1. The van der Waals surface area contributed by atoms with Crippen molar-refractivity contribution in [2.75, 3.05) is 18.0 Å². The molecule has 0 spiro atoms. The predicted molar refractivity (Wildman–Crippen MR) is 124 cm³/mol. The Labute approximate surface area is 193 Å². The Morgan fingerprint density at radius 2 is 1.85 bits per heavy atom. The number of fused-ring (bicyclic) bond motifs is 1. The maximum Gasteiger partial charge on any atom is 0.312 e. The first-order valence-electron chi connectivity index (χ1n) is 11.1.